The number of nitrogens with zero attached hydrogens (tertiary/aromatic N) is 2. The lowest BCUT2D eigenvalue weighted by atomic mass is 10.2. The van der Waals surface area contributed by atoms with Crippen molar-refractivity contribution >= 4 is 23.2 Å². The molecule has 0 aliphatic carbocycles. The molecule has 0 aliphatic heterocycles. The fourth-order valence-corrected chi connectivity index (χ4v) is 1.33. The molecule has 0 unspecified atom stereocenters. The number of hydrogen-bond donors (Lipinski definition) is 0. The highest BCUT2D eigenvalue weighted by Crippen LogP contribution is 2.14. The first kappa shape index (κ1) is 12.1. The van der Waals surface area contributed by atoms with E-state index in [1.54, 1.807) is 12.2 Å². The summed E-state index contributed by atoms with van der Waals surface area (Å²) in [4.78, 5) is 8.83. The van der Waals surface area contributed by atoms with E-state index in [-0.39, 0.29) is 0 Å². The average Bonchev–Trinajstić information content (AvgIpc) is 2.39. The first-order valence-corrected chi connectivity index (χ1v) is 5.37. The first-order valence-electron chi connectivity index (χ1n) is 5.37. The third-order valence-electron chi connectivity index (χ3n) is 2.01. The summed E-state index contributed by atoms with van der Waals surface area (Å²) in [6, 6.07) is 7.75. The highest BCUT2D eigenvalue weighted by Gasteiger charge is 2.01. The maximum Gasteiger partial charge on any atom is 0.0894 e. The van der Waals surface area contributed by atoms with E-state index in [1.165, 1.54) is 0 Å². The van der Waals surface area contributed by atoms with Gasteiger partial charge in [-0.15, -0.1) is 0 Å². The molecule has 0 fully saturated rings. The minimum atomic E-state index is 0.777. The van der Waals surface area contributed by atoms with Gasteiger partial charge in [0.2, 0.25) is 0 Å². The van der Waals surface area contributed by atoms with Gasteiger partial charge >= 0.3 is 0 Å². The molecule has 2 heteroatoms. The minimum Gasteiger partial charge on any atom is -0.245 e. The van der Waals surface area contributed by atoms with Crippen molar-refractivity contribution in [2.75, 3.05) is 0 Å². The Balaban J connectivity index is 0.000000606. The highest BCUT2D eigenvalue weighted by atomic mass is 14.8. The van der Waals surface area contributed by atoms with E-state index in [0.717, 1.165) is 22.4 Å². The average molecular weight is 212 g/mol. The van der Waals surface area contributed by atoms with Crippen LogP contribution >= 0.6 is 0 Å². The zero-order valence-corrected chi connectivity index (χ0v) is 9.77. The van der Waals surface area contributed by atoms with E-state index in [0.29, 0.717) is 0 Å². The van der Waals surface area contributed by atoms with Crippen LogP contribution in [-0.2, 0) is 0 Å². The normalized spacial score (nSPS) is 9.12. The molecule has 1 aromatic heterocycles. The van der Waals surface area contributed by atoms with Crippen LogP contribution in [0.25, 0.3) is 23.2 Å². The molecule has 1 aromatic carbocycles. The van der Waals surface area contributed by atoms with Crippen molar-refractivity contribution in [3.05, 3.63) is 48.8 Å². The Labute approximate surface area is 96.4 Å². The summed E-state index contributed by atoms with van der Waals surface area (Å²) in [6.45, 7) is 11.4. The summed E-state index contributed by atoms with van der Waals surface area (Å²) in [5.41, 5.74) is 3.32. The van der Waals surface area contributed by atoms with Crippen molar-refractivity contribution in [1.29, 1.82) is 0 Å². The van der Waals surface area contributed by atoms with E-state index in [9.17, 15) is 0 Å². The summed E-state index contributed by atoms with van der Waals surface area (Å²) in [7, 11) is 0. The first-order chi connectivity index (χ1) is 7.85. The Bertz CT molecular complexity index is 455. The molecule has 0 saturated carbocycles. The molecule has 0 saturated heterocycles. The number of rotatable bonds is 2. The van der Waals surface area contributed by atoms with Crippen LogP contribution in [-0.4, -0.2) is 9.97 Å². The lowest BCUT2D eigenvalue weighted by Crippen LogP contribution is -1.92. The predicted molar refractivity (Wildman–Crippen MR) is 71.1 cm³/mol. The fraction of sp³-hybridized carbons (Fsp3) is 0.143. The van der Waals surface area contributed by atoms with Crippen LogP contribution in [0, 0.1) is 0 Å². The van der Waals surface area contributed by atoms with Gasteiger partial charge in [-0.1, -0.05) is 39.1 Å². The van der Waals surface area contributed by atoms with E-state index in [1.807, 2.05) is 38.1 Å². The topological polar surface area (TPSA) is 25.8 Å². The number of para-hydroxylation sites is 2. The van der Waals surface area contributed by atoms with Crippen molar-refractivity contribution in [3.8, 4) is 0 Å². The molecule has 2 aromatic rings. The summed E-state index contributed by atoms with van der Waals surface area (Å²) in [6.07, 6.45) is 3.38. The molecular weight excluding hydrogens is 196 g/mol. The molecule has 16 heavy (non-hydrogen) atoms. The smallest absolute Gasteiger partial charge is 0.0894 e. The number of fused-ring (bicyclic) bond motifs is 1. The zero-order valence-electron chi connectivity index (χ0n) is 9.77. The Hall–Kier alpha value is -1.96. The summed E-state index contributed by atoms with van der Waals surface area (Å²) < 4.78 is 0. The zero-order chi connectivity index (χ0) is 12.0. The van der Waals surface area contributed by atoms with Gasteiger partial charge < -0.3 is 0 Å². The quantitative estimate of drug-likeness (QED) is 0.753. The summed E-state index contributed by atoms with van der Waals surface area (Å²) in [5, 5.41) is 0. The molecule has 0 amide bonds. The van der Waals surface area contributed by atoms with Gasteiger partial charge in [-0.05, 0) is 24.3 Å². The van der Waals surface area contributed by atoms with Crippen LogP contribution in [0.5, 0.6) is 0 Å². The Morgan fingerprint density at radius 2 is 1.25 bits per heavy atom. The van der Waals surface area contributed by atoms with E-state index in [4.69, 9.17) is 0 Å². The lowest BCUT2D eigenvalue weighted by Gasteiger charge is -2.01. The molecule has 0 radical (unpaired) electrons. The monoisotopic (exact) mass is 212 g/mol. The number of benzene rings is 1. The maximum absolute atomic E-state index is 4.41. The molecule has 2 rings (SSSR count). The second-order valence-electron chi connectivity index (χ2n) is 2.89. The van der Waals surface area contributed by atoms with Gasteiger partial charge in [-0.25, -0.2) is 9.97 Å². The van der Waals surface area contributed by atoms with Crippen molar-refractivity contribution in [3.63, 3.8) is 0 Å². The third-order valence-corrected chi connectivity index (χ3v) is 2.01. The number of aromatic nitrogens is 2. The highest BCUT2D eigenvalue weighted by molar-refractivity contribution is 5.77. The Morgan fingerprint density at radius 1 is 0.875 bits per heavy atom. The van der Waals surface area contributed by atoms with Gasteiger partial charge in [0.25, 0.3) is 0 Å². The van der Waals surface area contributed by atoms with Crippen LogP contribution in [0.4, 0.5) is 0 Å². The minimum absolute atomic E-state index is 0.777. The predicted octanol–water partition coefficient (Wildman–Crippen LogP) is 3.94. The molecule has 0 atom stereocenters. The van der Waals surface area contributed by atoms with Gasteiger partial charge in [-0.2, -0.15) is 0 Å². The second-order valence-corrected chi connectivity index (χ2v) is 2.89. The van der Waals surface area contributed by atoms with Crippen LogP contribution < -0.4 is 0 Å². The second kappa shape index (κ2) is 5.81. The van der Waals surface area contributed by atoms with E-state index < -0.39 is 0 Å². The van der Waals surface area contributed by atoms with Crippen LogP contribution in [0.2, 0.25) is 0 Å². The molecule has 0 N–H and O–H groups in total. The fourth-order valence-electron chi connectivity index (χ4n) is 1.33. The molecule has 1 heterocycles. The maximum atomic E-state index is 4.41. The van der Waals surface area contributed by atoms with Gasteiger partial charge in [0, 0.05) is 0 Å². The van der Waals surface area contributed by atoms with Crippen LogP contribution in [0.1, 0.15) is 25.2 Å². The standard InChI is InChI=1S/C12H10N2.C2H6/c1-3-9-10(4-2)14-12-8-6-5-7-11(12)13-9;1-2/h3-8H,1-2H2;1-2H3. The van der Waals surface area contributed by atoms with Gasteiger partial charge in [0.1, 0.15) is 0 Å². The Kier molecular flexibility index (Phi) is 4.40. The van der Waals surface area contributed by atoms with Gasteiger partial charge in [0.15, 0.2) is 0 Å². The van der Waals surface area contributed by atoms with Crippen LogP contribution in [0.3, 0.4) is 0 Å². The van der Waals surface area contributed by atoms with Crippen molar-refractivity contribution in [2.24, 2.45) is 0 Å². The van der Waals surface area contributed by atoms with Gasteiger partial charge in [0.05, 0.1) is 22.4 Å². The molecule has 82 valence electrons. The SMILES string of the molecule is C=Cc1nc2ccccc2nc1C=C.CC. The molecule has 0 spiro atoms. The molecule has 0 bridgehead atoms. The van der Waals surface area contributed by atoms with Gasteiger partial charge in [-0.3, -0.25) is 0 Å². The van der Waals surface area contributed by atoms with Crippen molar-refractivity contribution < 1.29 is 0 Å². The summed E-state index contributed by atoms with van der Waals surface area (Å²) >= 11 is 0. The van der Waals surface area contributed by atoms with Crippen molar-refractivity contribution in [2.45, 2.75) is 13.8 Å². The molecule has 0 aliphatic rings. The van der Waals surface area contributed by atoms with E-state index in [2.05, 4.69) is 23.1 Å². The van der Waals surface area contributed by atoms with Crippen LogP contribution in [0.15, 0.2) is 37.4 Å². The molecule has 2 nitrogen and oxygen atoms in total. The number of hydrogen-bond acceptors (Lipinski definition) is 2. The Morgan fingerprint density at radius 3 is 1.56 bits per heavy atom. The largest absolute Gasteiger partial charge is 0.245 e. The molecular formula is C14H16N2. The third kappa shape index (κ3) is 2.34. The van der Waals surface area contributed by atoms with Crippen molar-refractivity contribution in [1.82, 2.24) is 9.97 Å². The lowest BCUT2D eigenvalue weighted by molar-refractivity contribution is 1.24. The van der Waals surface area contributed by atoms with E-state index >= 15 is 0 Å². The summed E-state index contributed by atoms with van der Waals surface area (Å²) in [5.74, 6) is 0.